The molecular formula is C13H23N. The SMILES string of the molecule is C/C=C(\C)CC[C@@H]1CCN/C1=C\CC. The van der Waals surface area contributed by atoms with Crippen molar-refractivity contribution in [2.24, 2.45) is 5.92 Å². The molecule has 1 saturated heterocycles. The maximum absolute atomic E-state index is 3.49. The van der Waals surface area contributed by atoms with Gasteiger partial charge in [0.25, 0.3) is 0 Å². The topological polar surface area (TPSA) is 12.0 Å². The second-order valence-corrected chi connectivity index (χ2v) is 4.15. The van der Waals surface area contributed by atoms with Crippen molar-refractivity contribution in [1.82, 2.24) is 5.32 Å². The molecule has 1 heteroatoms. The number of nitrogens with one attached hydrogen (secondary N) is 1. The highest BCUT2D eigenvalue weighted by Gasteiger charge is 2.19. The Morgan fingerprint density at radius 2 is 2.36 bits per heavy atom. The molecule has 0 amide bonds. The molecule has 80 valence electrons. The molecule has 1 aliphatic heterocycles. The molecule has 0 aromatic carbocycles. The molecule has 1 N–H and O–H groups in total. The average molecular weight is 193 g/mol. The van der Waals surface area contributed by atoms with Crippen LogP contribution in [-0.4, -0.2) is 6.54 Å². The molecule has 1 nitrogen and oxygen atoms in total. The van der Waals surface area contributed by atoms with Crippen LogP contribution < -0.4 is 5.32 Å². The Morgan fingerprint density at radius 3 is 3.00 bits per heavy atom. The maximum atomic E-state index is 3.49. The van der Waals surface area contributed by atoms with Crippen LogP contribution in [0, 0.1) is 5.92 Å². The average Bonchev–Trinajstić information content (AvgIpc) is 2.62. The van der Waals surface area contributed by atoms with Crippen LogP contribution in [0.4, 0.5) is 0 Å². The van der Waals surface area contributed by atoms with Crippen LogP contribution in [0.3, 0.4) is 0 Å². The van der Waals surface area contributed by atoms with Crippen molar-refractivity contribution < 1.29 is 0 Å². The summed E-state index contributed by atoms with van der Waals surface area (Å²) in [5.41, 5.74) is 3.02. The van der Waals surface area contributed by atoms with Gasteiger partial charge < -0.3 is 5.32 Å². The van der Waals surface area contributed by atoms with Gasteiger partial charge in [0.2, 0.25) is 0 Å². The Labute approximate surface area is 88.3 Å². The minimum atomic E-state index is 0.796. The van der Waals surface area contributed by atoms with E-state index < -0.39 is 0 Å². The molecule has 0 saturated carbocycles. The highest BCUT2D eigenvalue weighted by Crippen LogP contribution is 2.25. The van der Waals surface area contributed by atoms with E-state index in [1.165, 1.54) is 37.1 Å². The van der Waals surface area contributed by atoms with Crippen LogP contribution in [0.2, 0.25) is 0 Å². The first-order valence-electron chi connectivity index (χ1n) is 5.83. The minimum absolute atomic E-state index is 0.796. The van der Waals surface area contributed by atoms with Gasteiger partial charge in [0.15, 0.2) is 0 Å². The number of rotatable bonds is 4. The van der Waals surface area contributed by atoms with Gasteiger partial charge in [-0.1, -0.05) is 24.6 Å². The lowest BCUT2D eigenvalue weighted by Crippen LogP contribution is -2.07. The van der Waals surface area contributed by atoms with E-state index in [-0.39, 0.29) is 0 Å². The molecule has 0 aliphatic carbocycles. The lowest BCUT2D eigenvalue weighted by Gasteiger charge is -2.11. The predicted octanol–water partition coefficient (Wildman–Crippen LogP) is 3.64. The molecular weight excluding hydrogens is 170 g/mol. The third-order valence-electron chi connectivity index (χ3n) is 3.07. The molecule has 1 heterocycles. The Hall–Kier alpha value is -0.720. The molecule has 0 aromatic heterocycles. The van der Waals surface area contributed by atoms with Gasteiger partial charge in [0.1, 0.15) is 0 Å². The number of allylic oxidation sites excluding steroid dienone is 4. The Balaban J connectivity index is 2.40. The Kier molecular flexibility index (Phi) is 4.78. The molecule has 1 aliphatic rings. The van der Waals surface area contributed by atoms with E-state index in [1.807, 2.05) is 0 Å². The van der Waals surface area contributed by atoms with E-state index in [0.29, 0.717) is 0 Å². The van der Waals surface area contributed by atoms with Crippen molar-refractivity contribution in [3.05, 3.63) is 23.4 Å². The van der Waals surface area contributed by atoms with Gasteiger partial charge in [0.05, 0.1) is 0 Å². The highest BCUT2D eigenvalue weighted by atomic mass is 14.9. The van der Waals surface area contributed by atoms with Gasteiger partial charge in [-0.15, -0.1) is 0 Å². The fourth-order valence-electron chi connectivity index (χ4n) is 2.00. The fourth-order valence-corrected chi connectivity index (χ4v) is 2.00. The fraction of sp³-hybridized carbons (Fsp3) is 0.692. The first kappa shape index (κ1) is 11.4. The summed E-state index contributed by atoms with van der Waals surface area (Å²) < 4.78 is 0. The number of hydrogen-bond acceptors (Lipinski definition) is 1. The molecule has 1 rings (SSSR count). The smallest absolute Gasteiger partial charge is 0.0150 e. The zero-order valence-corrected chi connectivity index (χ0v) is 9.77. The molecule has 0 spiro atoms. The molecule has 1 atom stereocenters. The maximum Gasteiger partial charge on any atom is 0.0150 e. The standard InChI is InChI=1S/C13H23N/c1-4-6-13-12(9-10-14-13)8-7-11(3)5-2/h5-6,12,14H,4,7-10H2,1-3H3/b11-5+,13-6-/t12-/m1/s1. The summed E-state index contributed by atoms with van der Waals surface area (Å²) in [6.07, 6.45) is 9.62. The zero-order valence-electron chi connectivity index (χ0n) is 9.77. The van der Waals surface area contributed by atoms with Crippen molar-refractivity contribution in [3.8, 4) is 0 Å². The van der Waals surface area contributed by atoms with Crippen molar-refractivity contribution in [1.29, 1.82) is 0 Å². The monoisotopic (exact) mass is 193 g/mol. The Morgan fingerprint density at radius 1 is 1.57 bits per heavy atom. The van der Waals surface area contributed by atoms with Gasteiger partial charge in [-0.2, -0.15) is 0 Å². The molecule has 1 fully saturated rings. The van der Waals surface area contributed by atoms with Gasteiger partial charge in [-0.05, 0) is 39.5 Å². The van der Waals surface area contributed by atoms with Crippen molar-refractivity contribution in [2.75, 3.05) is 6.54 Å². The normalized spacial score (nSPS) is 25.5. The first-order valence-corrected chi connectivity index (χ1v) is 5.83. The van der Waals surface area contributed by atoms with Gasteiger partial charge in [0, 0.05) is 18.2 Å². The highest BCUT2D eigenvalue weighted by molar-refractivity contribution is 5.10. The molecule has 0 bridgehead atoms. The summed E-state index contributed by atoms with van der Waals surface area (Å²) >= 11 is 0. The summed E-state index contributed by atoms with van der Waals surface area (Å²) in [5, 5.41) is 3.49. The quantitative estimate of drug-likeness (QED) is 0.672. The van der Waals surface area contributed by atoms with Gasteiger partial charge in [-0.3, -0.25) is 0 Å². The van der Waals surface area contributed by atoms with Crippen LogP contribution in [0.1, 0.15) is 46.5 Å². The third-order valence-corrected chi connectivity index (χ3v) is 3.07. The summed E-state index contributed by atoms with van der Waals surface area (Å²) in [6, 6.07) is 0. The number of hydrogen-bond donors (Lipinski definition) is 1. The first-order chi connectivity index (χ1) is 6.77. The van der Waals surface area contributed by atoms with Crippen molar-refractivity contribution in [3.63, 3.8) is 0 Å². The van der Waals surface area contributed by atoms with Crippen LogP contribution >= 0.6 is 0 Å². The zero-order chi connectivity index (χ0) is 10.4. The van der Waals surface area contributed by atoms with E-state index in [1.54, 1.807) is 0 Å². The predicted molar refractivity (Wildman–Crippen MR) is 63.1 cm³/mol. The van der Waals surface area contributed by atoms with E-state index >= 15 is 0 Å². The summed E-state index contributed by atoms with van der Waals surface area (Å²) in [7, 11) is 0. The van der Waals surface area contributed by atoms with Crippen LogP contribution in [-0.2, 0) is 0 Å². The lowest BCUT2D eigenvalue weighted by molar-refractivity contribution is 0.578. The summed E-state index contributed by atoms with van der Waals surface area (Å²) in [6.45, 7) is 7.74. The van der Waals surface area contributed by atoms with E-state index in [0.717, 1.165) is 12.3 Å². The van der Waals surface area contributed by atoms with Crippen molar-refractivity contribution in [2.45, 2.75) is 46.5 Å². The molecule has 0 radical (unpaired) electrons. The minimum Gasteiger partial charge on any atom is -0.388 e. The van der Waals surface area contributed by atoms with Gasteiger partial charge in [-0.25, -0.2) is 0 Å². The molecule has 14 heavy (non-hydrogen) atoms. The lowest BCUT2D eigenvalue weighted by atomic mass is 9.96. The molecule has 0 unspecified atom stereocenters. The van der Waals surface area contributed by atoms with Crippen LogP contribution in [0.15, 0.2) is 23.4 Å². The van der Waals surface area contributed by atoms with E-state index in [9.17, 15) is 0 Å². The summed E-state index contributed by atoms with van der Waals surface area (Å²) in [5.74, 6) is 0.796. The molecule has 0 aromatic rings. The second-order valence-electron chi connectivity index (χ2n) is 4.15. The second kappa shape index (κ2) is 5.90. The van der Waals surface area contributed by atoms with E-state index in [4.69, 9.17) is 0 Å². The van der Waals surface area contributed by atoms with E-state index in [2.05, 4.69) is 38.2 Å². The van der Waals surface area contributed by atoms with Crippen LogP contribution in [0.25, 0.3) is 0 Å². The van der Waals surface area contributed by atoms with Crippen LogP contribution in [0.5, 0.6) is 0 Å². The largest absolute Gasteiger partial charge is 0.388 e. The Bertz CT molecular complexity index is 225. The van der Waals surface area contributed by atoms with Crippen molar-refractivity contribution >= 4 is 0 Å². The third kappa shape index (κ3) is 3.21. The summed E-state index contributed by atoms with van der Waals surface area (Å²) in [4.78, 5) is 0. The van der Waals surface area contributed by atoms with Gasteiger partial charge >= 0.3 is 0 Å².